The van der Waals surface area contributed by atoms with E-state index in [1.807, 2.05) is 21.1 Å². The smallest absolute Gasteiger partial charge is 0.306 e. The molecule has 446 valence electrons. The summed E-state index contributed by atoms with van der Waals surface area (Å²) in [6.07, 6.45) is 82.5. The first-order valence-electron chi connectivity index (χ1n) is 31.2. The minimum Gasteiger partial charge on any atom is -0.756 e. The number of unbranched alkanes of at least 4 members (excludes halogenated alkanes) is 22. The Morgan fingerprint density at radius 2 is 0.731 bits per heavy atom. The SMILES string of the molecule is CC/C=C\C/C=C\C/C=C\C/C=C\C/C=C\C/C=C\C/C=C\C/C=C\C/C=C\CCCCCCCC(=O)OC(COC(=O)CCCCCCCCCCC/C=C\CCCCCCCCCC)COP(=O)([O-])OCC[N+](C)(C)C. The predicted molar refractivity (Wildman–Crippen MR) is 332 cm³/mol. The van der Waals surface area contributed by atoms with Gasteiger partial charge in [-0.15, -0.1) is 0 Å². The summed E-state index contributed by atoms with van der Waals surface area (Å²) in [4.78, 5) is 37.9. The number of phosphoric acid groups is 1. The summed E-state index contributed by atoms with van der Waals surface area (Å²) in [6.45, 7) is 4.10. The Bertz CT molecular complexity index is 1730. The van der Waals surface area contributed by atoms with Crippen molar-refractivity contribution in [2.45, 2.75) is 251 Å². The molecule has 0 aliphatic rings. The van der Waals surface area contributed by atoms with E-state index in [2.05, 4.69) is 135 Å². The van der Waals surface area contributed by atoms with Crippen LogP contribution >= 0.6 is 7.82 Å². The van der Waals surface area contributed by atoms with Crippen molar-refractivity contribution in [2.75, 3.05) is 47.5 Å². The van der Waals surface area contributed by atoms with Crippen molar-refractivity contribution in [3.63, 3.8) is 0 Å². The van der Waals surface area contributed by atoms with Gasteiger partial charge in [-0.2, -0.15) is 0 Å². The highest BCUT2D eigenvalue weighted by atomic mass is 31.2. The second-order valence-electron chi connectivity index (χ2n) is 21.7. The van der Waals surface area contributed by atoms with Crippen LogP contribution in [0.3, 0.4) is 0 Å². The van der Waals surface area contributed by atoms with Crippen molar-refractivity contribution < 1.29 is 42.1 Å². The first-order chi connectivity index (χ1) is 38.0. The summed E-state index contributed by atoms with van der Waals surface area (Å²) in [6, 6.07) is 0. The normalized spacial score (nSPS) is 14.1. The highest BCUT2D eigenvalue weighted by molar-refractivity contribution is 7.45. The number of quaternary nitrogens is 1. The van der Waals surface area contributed by atoms with Gasteiger partial charge in [-0.1, -0.05) is 245 Å². The van der Waals surface area contributed by atoms with Crippen molar-refractivity contribution in [1.82, 2.24) is 0 Å². The van der Waals surface area contributed by atoms with Crippen LogP contribution in [0.2, 0.25) is 0 Å². The van der Waals surface area contributed by atoms with Crippen LogP contribution in [0.15, 0.2) is 122 Å². The molecule has 0 saturated carbocycles. The molecule has 0 amide bonds. The third kappa shape index (κ3) is 61.6. The van der Waals surface area contributed by atoms with E-state index >= 15 is 0 Å². The van der Waals surface area contributed by atoms with E-state index in [9.17, 15) is 19.0 Å². The topological polar surface area (TPSA) is 111 Å². The van der Waals surface area contributed by atoms with Crippen molar-refractivity contribution in [1.29, 1.82) is 0 Å². The van der Waals surface area contributed by atoms with Gasteiger partial charge in [-0.25, -0.2) is 0 Å². The number of hydrogen-bond donors (Lipinski definition) is 0. The Morgan fingerprint density at radius 1 is 0.410 bits per heavy atom. The van der Waals surface area contributed by atoms with E-state index in [1.54, 1.807) is 0 Å². The summed E-state index contributed by atoms with van der Waals surface area (Å²) in [5, 5.41) is 0. The van der Waals surface area contributed by atoms with Gasteiger partial charge >= 0.3 is 11.9 Å². The largest absolute Gasteiger partial charge is 0.756 e. The maximum absolute atomic E-state index is 12.8. The molecule has 0 aliphatic heterocycles. The minimum atomic E-state index is -4.65. The third-order valence-corrected chi connectivity index (χ3v) is 13.9. The molecule has 2 unspecified atom stereocenters. The summed E-state index contributed by atoms with van der Waals surface area (Å²) >= 11 is 0. The van der Waals surface area contributed by atoms with Gasteiger partial charge in [0.05, 0.1) is 27.7 Å². The number of hydrogen-bond acceptors (Lipinski definition) is 8. The maximum Gasteiger partial charge on any atom is 0.306 e. The summed E-state index contributed by atoms with van der Waals surface area (Å²) in [5.41, 5.74) is 0. The fraction of sp³-hybridized carbons (Fsp3) is 0.676. The van der Waals surface area contributed by atoms with Crippen LogP contribution in [0, 0.1) is 0 Å². The molecule has 2 atom stereocenters. The molecule has 0 aromatic carbocycles. The lowest BCUT2D eigenvalue weighted by Crippen LogP contribution is -2.37. The van der Waals surface area contributed by atoms with Crippen LogP contribution in [0.1, 0.15) is 245 Å². The molecule has 0 bridgehead atoms. The van der Waals surface area contributed by atoms with Crippen LogP contribution in [0.4, 0.5) is 0 Å². The standard InChI is InChI=1S/C68H116NO8P/c1-6-8-10-12-14-16-18-20-22-24-26-28-29-30-31-32-33-34-35-36-37-38-39-41-43-45-47-49-51-53-55-57-59-61-68(71)77-66(65-76-78(72,73)75-63-62-69(3,4)5)64-74-67(70)60-58-56-54-52-50-48-46-44-42-40-27-25-23-21-19-17-15-13-11-9-7-2/h8,10,14,16,20,22,25-28,30-31,33-34,36-37,39,41,45,47,66H,6-7,9,11-13,15,17-19,21,23-24,29,32,35,38,40,42-44,46,48-65H2,1-5H3/b10-8-,16-14-,22-20-,27-25-,28-26-,31-30-,34-33-,37-36-,41-39-,47-45-. The molecule has 0 N–H and O–H groups in total. The molecule has 78 heavy (non-hydrogen) atoms. The monoisotopic (exact) mass is 1110 g/mol. The lowest BCUT2D eigenvalue weighted by molar-refractivity contribution is -0.870. The van der Waals surface area contributed by atoms with Crippen LogP contribution in [0.25, 0.3) is 0 Å². The summed E-state index contributed by atoms with van der Waals surface area (Å²) in [5.74, 6) is -0.862. The average molecular weight is 1110 g/mol. The zero-order valence-corrected chi connectivity index (χ0v) is 51.5. The number of phosphoric ester groups is 1. The van der Waals surface area contributed by atoms with Crippen LogP contribution < -0.4 is 4.89 Å². The van der Waals surface area contributed by atoms with Gasteiger partial charge in [0, 0.05) is 12.8 Å². The van der Waals surface area contributed by atoms with Gasteiger partial charge in [-0.05, 0) is 109 Å². The van der Waals surface area contributed by atoms with Crippen LogP contribution in [0.5, 0.6) is 0 Å². The molecule has 0 heterocycles. The lowest BCUT2D eigenvalue weighted by atomic mass is 10.1. The number of nitrogens with zero attached hydrogens (tertiary/aromatic N) is 1. The van der Waals surface area contributed by atoms with Crippen molar-refractivity contribution in [2.24, 2.45) is 0 Å². The Kier molecular flexibility index (Phi) is 55.4. The fourth-order valence-electron chi connectivity index (χ4n) is 8.17. The first-order valence-corrected chi connectivity index (χ1v) is 32.7. The number of esters is 2. The van der Waals surface area contributed by atoms with E-state index in [0.717, 1.165) is 116 Å². The van der Waals surface area contributed by atoms with E-state index in [1.165, 1.54) is 96.3 Å². The zero-order chi connectivity index (χ0) is 57.0. The van der Waals surface area contributed by atoms with Gasteiger partial charge in [-0.3, -0.25) is 14.2 Å². The Morgan fingerprint density at radius 3 is 1.10 bits per heavy atom. The zero-order valence-electron chi connectivity index (χ0n) is 50.6. The molecule has 0 fully saturated rings. The molecule has 0 aromatic rings. The predicted octanol–water partition coefficient (Wildman–Crippen LogP) is 19.3. The van der Waals surface area contributed by atoms with Gasteiger partial charge in [0.15, 0.2) is 6.10 Å². The molecule has 9 nitrogen and oxygen atoms in total. The van der Waals surface area contributed by atoms with Crippen molar-refractivity contribution >= 4 is 19.8 Å². The molecule has 0 radical (unpaired) electrons. The maximum atomic E-state index is 12.8. The van der Waals surface area contributed by atoms with E-state index in [4.69, 9.17) is 18.5 Å². The number of carbonyl (C=O) groups is 2. The van der Waals surface area contributed by atoms with Crippen LogP contribution in [-0.2, 0) is 32.7 Å². The number of ether oxygens (including phenoxy) is 2. The van der Waals surface area contributed by atoms with Gasteiger partial charge in [0.2, 0.25) is 0 Å². The molecular formula is C68H116NO8P. The molecule has 0 spiro atoms. The molecule has 0 aliphatic carbocycles. The lowest BCUT2D eigenvalue weighted by Gasteiger charge is -2.28. The van der Waals surface area contributed by atoms with E-state index in [0.29, 0.717) is 17.4 Å². The Labute approximate surface area is 479 Å². The molecule has 0 rings (SSSR count). The molecular weight excluding hydrogens is 990 g/mol. The number of allylic oxidation sites excluding steroid dienone is 20. The molecule has 0 saturated heterocycles. The number of likely N-dealkylation sites (N-methyl/N-ethyl adjacent to an activating group) is 1. The Balaban J connectivity index is 4.22. The minimum absolute atomic E-state index is 0.0413. The van der Waals surface area contributed by atoms with Crippen molar-refractivity contribution in [3.05, 3.63) is 122 Å². The van der Waals surface area contributed by atoms with Gasteiger partial charge in [0.25, 0.3) is 7.82 Å². The van der Waals surface area contributed by atoms with Crippen molar-refractivity contribution in [3.8, 4) is 0 Å². The van der Waals surface area contributed by atoms with E-state index in [-0.39, 0.29) is 26.1 Å². The number of rotatable bonds is 56. The molecule has 10 heteroatoms. The highest BCUT2D eigenvalue weighted by Crippen LogP contribution is 2.38. The quantitative estimate of drug-likeness (QED) is 0.0195. The first kappa shape index (κ1) is 74.4. The van der Waals surface area contributed by atoms with Gasteiger partial charge in [0.1, 0.15) is 19.8 Å². The van der Waals surface area contributed by atoms with E-state index < -0.39 is 32.5 Å². The third-order valence-electron chi connectivity index (χ3n) is 13.0. The summed E-state index contributed by atoms with van der Waals surface area (Å²) < 4.78 is 34.2. The fourth-order valence-corrected chi connectivity index (χ4v) is 8.90. The highest BCUT2D eigenvalue weighted by Gasteiger charge is 2.22. The number of carbonyl (C=O) groups excluding carboxylic acids is 2. The Hall–Kier alpha value is -3.59. The average Bonchev–Trinajstić information content (AvgIpc) is 3.41. The van der Waals surface area contributed by atoms with Crippen LogP contribution in [-0.4, -0.2) is 70.0 Å². The molecule has 0 aromatic heterocycles. The van der Waals surface area contributed by atoms with Gasteiger partial charge < -0.3 is 27.9 Å². The second kappa shape index (κ2) is 58.1. The summed E-state index contributed by atoms with van der Waals surface area (Å²) in [7, 11) is 1.14. The second-order valence-corrected chi connectivity index (χ2v) is 23.1.